The predicted octanol–water partition coefficient (Wildman–Crippen LogP) is 5.38. The zero-order chi connectivity index (χ0) is 22.5. The molecule has 32 heavy (non-hydrogen) atoms. The molecule has 7 nitrogen and oxygen atoms in total. The van der Waals surface area contributed by atoms with Crippen molar-refractivity contribution in [3.8, 4) is 0 Å². The minimum atomic E-state index is -0.400. The van der Waals surface area contributed by atoms with E-state index in [1.54, 1.807) is 42.5 Å². The van der Waals surface area contributed by atoms with E-state index in [4.69, 9.17) is 4.42 Å². The molecular formula is C22H17FN4O3S2. The summed E-state index contributed by atoms with van der Waals surface area (Å²) in [6.45, 7) is 1.83. The first-order valence-corrected chi connectivity index (χ1v) is 11.3. The zero-order valence-electron chi connectivity index (χ0n) is 16.8. The van der Waals surface area contributed by atoms with Crippen LogP contribution in [-0.4, -0.2) is 22.0 Å². The lowest BCUT2D eigenvalue weighted by Gasteiger charge is -2.09. The molecule has 0 unspecified atom stereocenters. The van der Waals surface area contributed by atoms with E-state index in [1.807, 2.05) is 6.92 Å². The minimum absolute atomic E-state index is 0.179. The first-order valence-electron chi connectivity index (χ1n) is 9.45. The number of amides is 2. The molecule has 0 fully saturated rings. The number of hydrogen-bond acceptors (Lipinski definition) is 7. The molecule has 4 rings (SSSR count). The summed E-state index contributed by atoms with van der Waals surface area (Å²) in [7, 11) is 0. The number of carbonyl (C=O) groups excluding carboxylic acids is 2. The quantitative estimate of drug-likeness (QED) is 0.279. The molecule has 0 saturated carbocycles. The van der Waals surface area contributed by atoms with Crippen LogP contribution in [0.3, 0.4) is 0 Å². The van der Waals surface area contributed by atoms with E-state index in [2.05, 4.69) is 20.8 Å². The number of benzene rings is 2. The van der Waals surface area contributed by atoms with Crippen LogP contribution in [0.4, 0.5) is 15.2 Å². The van der Waals surface area contributed by atoms with E-state index < -0.39 is 5.91 Å². The standard InChI is InChI=1S/C22H17FN4O3S2/c1-13-4-7-15(11-17(13)24-20(29)18-3-2-10-30-18)19(28)25-21-26-27-22(32-21)31-12-14-5-8-16(23)9-6-14/h2-11H,12H2,1H3,(H,24,29)(H,25,26,28). The Kier molecular flexibility index (Phi) is 6.62. The lowest BCUT2D eigenvalue weighted by Crippen LogP contribution is -2.15. The van der Waals surface area contributed by atoms with Crippen LogP contribution in [0.1, 0.15) is 32.0 Å². The smallest absolute Gasteiger partial charge is 0.291 e. The number of thioether (sulfide) groups is 1. The van der Waals surface area contributed by atoms with Crippen molar-refractivity contribution in [3.05, 3.63) is 89.1 Å². The van der Waals surface area contributed by atoms with Crippen molar-refractivity contribution in [2.75, 3.05) is 10.6 Å². The minimum Gasteiger partial charge on any atom is -0.459 e. The van der Waals surface area contributed by atoms with Gasteiger partial charge in [0, 0.05) is 17.0 Å². The summed E-state index contributed by atoms with van der Waals surface area (Å²) < 4.78 is 18.8. The van der Waals surface area contributed by atoms with Crippen molar-refractivity contribution in [1.82, 2.24) is 10.2 Å². The highest BCUT2D eigenvalue weighted by Crippen LogP contribution is 2.29. The predicted molar refractivity (Wildman–Crippen MR) is 122 cm³/mol. The second-order valence-electron chi connectivity index (χ2n) is 6.70. The van der Waals surface area contributed by atoms with Crippen molar-refractivity contribution >= 4 is 45.7 Å². The Morgan fingerprint density at radius 1 is 1.06 bits per heavy atom. The van der Waals surface area contributed by atoms with E-state index in [9.17, 15) is 14.0 Å². The lowest BCUT2D eigenvalue weighted by molar-refractivity contribution is 0.0993. The molecular weight excluding hydrogens is 451 g/mol. The summed E-state index contributed by atoms with van der Waals surface area (Å²) in [5.41, 5.74) is 2.63. The molecule has 10 heteroatoms. The third-order valence-electron chi connectivity index (χ3n) is 4.40. The van der Waals surface area contributed by atoms with Gasteiger partial charge in [0.25, 0.3) is 11.8 Å². The molecule has 162 valence electrons. The van der Waals surface area contributed by atoms with Gasteiger partial charge in [-0.25, -0.2) is 4.39 Å². The van der Waals surface area contributed by atoms with Crippen LogP contribution in [0.5, 0.6) is 0 Å². The molecule has 0 aliphatic heterocycles. The average molecular weight is 469 g/mol. The van der Waals surface area contributed by atoms with Crippen LogP contribution in [-0.2, 0) is 5.75 Å². The van der Waals surface area contributed by atoms with Gasteiger partial charge in [-0.3, -0.25) is 14.9 Å². The van der Waals surface area contributed by atoms with Crippen LogP contribution >= 0.6 is 23.1 Å². The first-order chi connectivity index (χ1) is 15.5. The van der Waals surface area contributed by atoms with E-state index in [0.717, 1.165) is 11.1 Å². The van der Waals surface area contributed by atoms with Crippen molar-refractivity contribution in [2.45, 2.75) is 17.0 Å². The van der Waals surface area contributed by atoms with Gasteiger partial charge in [0.15, 0.2) is 10.1 Å². The third kappa shape index (κ3) is 5.40. The average Bonchev–Trinajstić information content (AvgIpc) is 3.47. The van der Waals surface area contributed by atoms with Crippen LogP contribution in [0.15, 0.2) is 69.6 Å². The van der Waals surface area contributed by atoms with Gasteiger partial charge in [0.05, 0.1) is 6.26 Å². The van der Waals surface area contributed by atoms with E-state index in [0.29, 0.717) is 26.5 Å². The maximum atomic E-state index is 13.0. The lowest BCUT2D eigenvalue weighted by atomic mass is 10.1. The maximum Gasteiger partial charge on any atom is 0.291 e. The maximum absolute atomic E-state index is 13.0. The van der Waals surface area contributed by atoms with Crippen molar-refractivity contribution in [1.29, 1.82) is 0 Å². The number of nitrogens with zero attached hydrogens (tertiary/aromatic N) is 2. The van der Waals surface area contributed by atoms with Crippen LogP contribution < -0.4 is 10.6 Å². The van der Waals surface area contributed by atoms with E-state index in [-0.39, 0.29) is 17.5 Å². The number of nitrogens with one attached hydrogen (secondary N) is 2. The van der Waals surface area contributed by atoms with Crippen molar-refractivity contribution in [2.24, 2.45) is 0 Å². The van der Waals surface area contributed by atoms with Crippen LogP contribution in [0.2, 0.25) is 0 Å². The molecule has 0 aliphatic rings. The topological polar surface area (TPSA) is 97.1 Å². The summed E-state index contributed by atoms with van der Waals surface area (Å²) in [5.74, 6) is -0.259. The number of aryl methyl sites for hydroxylation is 1. The summed E-state index contributed by atoms with van der Waals surface area (Å²) >= 11 is 2.69. The summed E-state index contributed by atoms with van der Waals surface area (Å²) in [5, 5.41) is 13.9. The van der Waals surface area contributed by atoms with Gasteiger partial charge in [-0.1, -0.05) is 41.3 Å². The highest BCUT2D eigenvalue weighted by Gasteiger charge is 2.15. The highest BCUT2D eigenvalue weighted by molar-refractivity contribution is 8.00. The molecule has 4 aromatic rings. The monoisotopic (exact) mass is 468 g/mol. The molecule has 2 N–H and O–H groups in total. The third-order valence-corrected chi connectivity index (χ3v) is 6.44. The van der Waals surface area contributed by atoms with Gasteiger partial charge in [-0.05, 0) is 54.4 Å². The number of furan rings is 1. The molecule has 0 saturated heterocycles. The Morgan fingerprint density at radius 3 is 2.62 bits per heavy atom. The molecule has 2 heterocycles. The number of rotatable bonds is 7. The normalized spacial score (nSPS) is 10.7. The van der Waals surface area contributed by atoms with Gasteiger partial charge in [-0.2, -0.15) is 0 Å². The Balaban J connectivity index is 1.38. The Morgan fingerprint density at radius 2 is 1.88 bits per heavy atom. The zero-order valence-corrected chi connectivity index (χ0v) is 18.4. The number of hydrogen-bond donors (Lipinski definition) is 2. The van der Waals surface area contributed by atoms with Gasteiger partial charge in [0.1, 0.15) is 5.82 Å². The second-order valence-corrected chi connectivity index (χ2v) is 8.90. The number of anilines is 2. The fourth-order valence-electron chi connectivity index (χ4n) is 2.70. The fourth-order valence-corrected chi connectivity index (χ4v) is 4.41. The molecule has 2 aromatic heterocycles. The number of aromatic nitrogens is 2. The molecule has 2 aromatic carbocycles. The molecule has 0 atom stereocenters. The Bertz CT molecular complexity index is 1240. The highest BCUT2D eigenvalue weighted by atomic mass is 32.2. The van der Waals surface area contributed by atoms with Crippen molar-refractivity contribution in [3.63, 3.8) is 0 Å². The molecule has 0 bridgehead atoms. The van der Waals surface area contributed by atoms with Crippen LogP contribution in [0.25, 0.3) is 0 Å². The van der Waals surface area contributed by atoms with Gasteiger partial charge >= 0.3 is 0 Å². The molecule has 0 aliphatic carbocycles. The molecule has 2 amide bonds. The Hall–Kier alpha value is -3.50. The fraction of sp³-hybridized carbons (Fsp3) is 0.0909. The summed E-state index contributed by atoms with van der Waals surface area (Å²) in [6.07, 6.45) is 1.42. The van der Waals surface area contributed by atoms with Crippen molar-refractivity contribution < 1.29 is 18.4 Å². The van der Waals surface area contributed by atoms with E-state index >= 15 is 0 Å². The SMILES string of the molecule is Cc1ccc(C(=O)Nc2nnc(SCc3ccc(F)cc3)s2)cc1NC(=O)c1ccco1. The number of halogens is 1. The Labute approximate surface area is 191 Å². The van der Waals surface area contributed by atoms with Gasteiger partial charge in [0.2, 0.25) is 5.13 Å². The van der Waals surface area contributed by atoms with Gasteiger partial charge in [-0.15, -0.1) is 10.2 Å². The van der Waals surface area contributed by atoms with E-state index in [1.165, 1.54) is 41.5 Å². The number of carbonyl (C=O) groups is 2. The molecule has 0 radical (unpaired) electrons. The molecule has 0 spiro atoms. The first kappa shape index (κ1) is 21.7. The largest absolute Gasteiger partial charge is 0.459 e. The summed E-state index contributed by atoms with van der Waals surface area (Å²) in [4.78, 5) is 24.9. The summed E-state index contributed by atoms with van der Waals surface area (Å²) in [6, 6.07) is 14.4. The second kappa shape index (κ2) is 9.75. The van der Waals surface area contributed by atoms with Gasteiger partial charge < -0.3 is 9.73 Å². The van der Waals surface area contributed by atoms with Crippen LogP contribution in [0, 0.1) is 12.7 Å².